The standard InChI is InChI=1S/C24H18F2N2O/c1-15-13-22(24(29)27-14-16-5-9-18(25)10-6-16)21-4-2-3-20(23(21)28-15)17-7-11-19(26)12-8-17/h2-13H,14H2,1H3,(H,27,29). The third-order valence-electron chi connectivity index (χ3n) is 4.73. The molecule has 5 heteroatoms. The predicted octanol–water partition coefficient (Wildman–Crippen LogP) is 5.42. The number of hydrogen-bond donors (Lipinski definition) is 1. The van der Waals surface area contributed by atoms with Crippen LogP contribution in [-0.4, -0.2) is 10.9 Å². The molecule has 0 fully saturated rings. The van der Waals surface area contributed by atoms with Gasteiger partial charge in [0.05, 0.1) is 11.1 Å². The molecule has 144 valence electrons. The summed E-state index contributed by atoms with van der Waals surface area (Å²) in [6.45, 7) is 2.12. The molecule has 3 nitrogen and oxygen atoms in total. The van der Waals surface area contributed by atoms with Gasteiger partial charge in [-0.3, -0.25) is 9.78 Å². The van der Waals surface area contributed by atoms with E-state index in [-0.39, 0.29) is 17.5 Å². The maximum Gasteiger partial charge on any atom is 0.252 e. The van der Waals surface area contributed by atoms with Gasteiger partial charge < -0.3 is 5.32 Å². The van der Waals surface area contributed by atoms with E-state index in [1.165, 1.54) is 24.3 Å². The number of hydrogen-bond acceptors (Lipinski definition) is 2. The number of amides is 1. The van der Waals surface area contributed by atoms with Crippen molar-refractivity contribution < 1.29 is 13.6 Å². The maximum atomic E-state index is 13.3. The Labute approximate surface area is 167 Å². The lowest BCUT2D eigenvalue weighted by molar-refractivity contribution is 0.0952. The highest BCUT2D eigenvalue weighted by Crippen LogP contribution is 2.29. The zero-order chi connectivity index (χ0) is 20.4. The summed E-state index contributed by atoms with van der Waals surface area (Å²) >= 11 is 0. The first-order valence-electron chi connectivity index (χ1n) is 9.20. The van der Waals surface area contributed by atoms with Crippen LogP contribution in [0.1, 0.15) is 21.6 Å². The van der Waals surface area contributed by atoms with Crippen molar-refractivity contribution in [3.63, 3.8) is 0 Å². The van der Waals surface area contributed by atoms with Crippen LogP contribution >= 0.6 is 0 Å². The molecule has 1 N–H and O–H groups in total. The van der Waals surface area contributed by atoms with Crippen molar-refractivity contribution in [3.8, 4) is 11.1 Å². The summed E-state index contributed by atoms with van der Waals surface area (Å²) in [4.78, 5) is 17.5. The fourth-order valence-electron chi connectivity index (χ4n) is 3.31. The number of aryl methyl sites for hydroxylation is 1. The lowest BCUT2D eigenvalue weighted by Crippen LogP contribution is -2.23. The number of rotatable bonds is 4. The minimum Gasteiger partial charge on any atom is -0.348 e. The van der Waals surface area contributed by atoms with Crippen LogP contribution in [0.2, 0.25) is 0 Å². The number of benzene rings is 3. The largest absolute Gasteiger partial charge is 0.348 e. The van der Waals surface area contributed by atoms with Gasteiger partial charge in [-0.2, -0.15) is 0 Å². The van der Waals surface area contributed by atoms with Crippen LogP contribution in [0.5, 0.6) is 0 Å². The smallest absolute Gasteiger partial charge is 0.252 e. The molecular formula is C24H18F2N2O. The molecule has 0 aliphatic heterocycles. The Morgan fingerprint density at radius 3 is 2.28 bits per heavy atom. The quantitative estimate of drug-likeness (QED) is 0.507. The van der Waals surface area contributed by atoms with Gasteiger partial charge in [-0.1, -0.05) is 42.5 Å². The molecule has 1 amide bonds. The van der Waals surface area contributed by atoms with Crippen LogP contribution in [0.4, 0.5) is 8.78 Å². The Kier molecular flexibility index (Phi) is 5.04. The molecule has 0 atom stereocenters. The molecule has 0 radical (unpaired) electrons. The SMILES string of the molecule is Cc1cc(C(=O)NCc2ccc(F)cc2)c2cccc(-c3ccc(F)cc3)c2n1. The van der Waals surface area contributed by atoms with Gasteiger partial charge in [0.2, 0.25) is 0 Å². The summed E-state index contributed by atoms with van der Waals surface area (Å²) in [6, 6.07) is 19.6. The first-order chi connectivity index (χ1) is 14.0. The second-order valence-electron chi connectivity index (χ2n) is 6.83. The van der Waals surface area contributed by atoms with Crippen molar-refractivity contribution in [2.45, 2.75) is 13.5 Å². The van der Waals surface area contributed by atoms with Crippen LogP contribution in [0.25, 0.3) is 22.0 Å². The van der Waals surface area contributed by atoms with E-state index in [1.807, 2.05) is 25.1 Å². The number of pyridine rings is 1. The van der Waals surface area contributed by atoms with Crippen molar-refractivity contribution in [1.82, 2.24) is 10.3 Å². The van der Waals surface area contributed by atoms with Gasteiger partial charge in [0.15, 0.2) is 0 Å². The second kappa shape index (κ2) is 7.80. The molecule has 1 heterocycles. The van der Waals surface area contributed by atoms with E-state index in [1.54, 1.807) is 30.3 Å². The average Bonchev–Trinajstić information content (AvgIpc) is 2.73. The summed E-state index contributed by atoms with van der Waals surface area (Å²) < 4.78 is 26.4. The van der Waals surface area contributed by atoms with Crippen LogP contribution in [-0.2, 0) is 6.54 Å². The molecule has 4 aromatic rings. The highest BCUT2D eigenvalue weighted by Gasteiger charge is 2.15. The third kappa shape index (κ3) is 3.99. The molecule has 0 unspecified atom stereocenters. The van der Waals surface area contributed by atoms with E-state index in [4.69, 9.17) is 0 Å². The topological polar surface area (TPSA) is 42.0 Å². The fourth-order valence-corrected chi connectivity index (χ4v) is 3.31. The fraction of sp³-hybridized carbons (Fsp3) is 0.0833. The zero-order valence-corrected chi connectivity index (χ0v) is 15.7. The average molecular weight is 388 g/mol. The first-order valence-corrected chi connectivity index (χ1v) is 9.20. The molecule has 29 heavy (non-hydrogen) atoms. The van der Waals surface area contributed by atoms with Gasteiger partial charge in [-0.05, 0) is 48.4 Å². The van der Waals surface area contributed by atoms with E-state index in [9.17, 15) is 13.6 Å². The Balaban J connectivity index is 1.71. The molecule has 3 aromatic carbocycles. The number of halogens is 2. The molecule has 1 aromatic heterocycles. The Morgan fingerprint density at radius 2 is 1.59 bits per heavy atom. The van der Waals surface area contributed by atoms with Crippen molar-refractivity contribution in [3.05, 3.63) is 101 Å². The van der Waals surface area contributed by atoms with E-state index in [0.717, 1.165) is 16.7 Å². The molecule has 0 spiro atoms. The number of carbonyl (C=O) groups excluding carboxylic acids is 1. The van der Waals surface area contributed by atoms with Crippen LogP contribution in [0.3, 0.4) is 0 Å². The van der Waals surface area contributed by atoms with Gasteiger partial charge in [-0.25, -0.2) is 8.78 Å². The number of fused-ring (bicyclic) bond motifs is 1. The van der Waals surface area contributed by atoms with Gasteiger partial charge in [0, 0.05) is 23.2 Å². The minimum absolute atomic E-state index is 0.235. The van der Waals surface area contributed by atoms with E-state index in [2.05, 4.69) is 10.3 Å². The van der Waals surface area contributed by atoms with Gasteiger partial charge in [0.1, 0.15) is 11.6 Å². The van der Waals surface area contributed by atoms with Gasteiger partial charge >= 0.3 is 0 Å². The molecule has 0 aliphatic rings. The van der Waals surface area contributed by atoms with Crippen molar-refractivity contribution in [1.29, 1.82) is 0 Å². The van der Waals surface area contributed by atoms with Crippen molar-refractivity contribution in [2.75, 3.05) is 0 Å². The highest BCUT2D eigenvalue weighted by molar-refractivity contribution is 6.09. The summed E-state index contributed by atoms with van der Waals surface area (Å²) in [7, 11) is 0. The van der Waals surface area contributed by atoms with Gasteiger partial charge in [0.25, 0.3) is 5.91 Å². The summed E-state index contributed by atoms with van der Waals surface area (Å²) in [5, 5.41) is 3.60. The third-order valence-corrected chi connectivity index (χ3v) is 4.73. The Bertz CT molecular complexity index is 1190. The minimum atomic E-state index is -0.316. The Hall–Kier alpha value is -3.60. The second-order valence-corrected chi connectivity index (χ2v) is 6.83. The number of nitrogens with zero attached hydrogens (tertiary/aromatic N) is 1. The molecular weight excluding hydrogens is 370 g/mol. The summed E-state index contributed by atoms with van der Waals surface area (Å²) in [5.41, 5.74) is 4.37. The monoisotopic (exact) mass is 388 g/mol. The number of nitrogens with one attached hydrogen (secondary N) is 1. The number of carbonyl (C=O) groups is 1. The molecule has 0 aliphatic carbocycles. The predicted molar refractivity (Wildman–Crippen MR) is 109 cm³/mol. The van der Waals surface area contributed by atoms with Crippen molar-refractivity contribution in [2.24, 2.45) is 0 Å². The summed E-state index contributed by atoms with van der Waals surface area (Å²) in [6.07, 6.45) is 0. The lowest BCUT2D eigenvalue weighted by atomic mass is 9.98. The number of aromatic nitrogens is 1. The van der Waals surface area contributed by atoms with Crippen LogP contribution < -0.4 is 5.32 Å². The van der Waals surface area contributed by atoms with Gasteiger partial charge in [-0.15, -0.1) is 0 Å². The van der Waals surface area contributed by atoms with E-state index in [0.29, 0.717) is 28.7 Å². The molecule has 0 saturated carbocycles. The van der Waals surface area contributed by atoms with E-state index < -0.39 is 0 Å². The van der Waals surface area contributed by atoms with Crippen molar-refractivity contribution >= 4 is 16.8 Å². The normalized spacial score (nSPS) is 10.9. The molecule has 0 bridgehead atoms. The first kappa shape index (κ1) is 18.7. The van der Waals surface area contributed by atoms with Crippen LogP contribution in [0.15, 0.2) is 72.8 Å². The molecule has 4 rings (SSSR count). The van der Waals surface area contributed by atoms with E-state index >= 15 is 0 Å². The zero-order valence-electron chi connectivity index (χ0n) is 15.7. The van der Waals surface area contributed by atoms with Crippen LogP contribution in [0, 0.1) is 18.6 Å². The molecule has 0 saturated heterocycles. The maximum absolute atomic E-state index is 13.3. The lowest BCUT2D eigenvalue weighted by Gasteiger charge is -2.12. The summed E-state index contributed by atoms with van der Waals surface area (Å²) in [5.74, 6) is -0.857. The number of para-hydroxylation sites is 1. The Morgan fingerprint density at radius 1 is 0.931 bits per heavy atom. The highest BCUT2D eigenvalue weighted by atomic mass is 19.1.